The maximum atomic E-state index is 11.4. The number of rotatable bonds is 6. The Balaban J connectivity index is 2.94. The van der Waals surface area contributed by atoms with Crippen molar-refractivity contribution in [3.8, 4) is 0 Å². The van der Waals surface area contributed by atoms with Gasteiger partial charge in [0.25, 0.3) is 0 Å². The van der Waals surface area contributed by atoms with Gasteiger partial charge in [0.05, 0.1) is 5.41 Å². The number of hydrogen-bond acceptors (Lipinski definition) is 3. The fourth-order valence-electron chi connectivity index (χ4n) is 1.70. The molecule has 5 nitrogen and oxygen atoms in total. The summed E-state index contributed by atoms with van der Waals surface area (Å²) < 4.78 is 1.93. The first-order valence-corrected chi connectivity index (χ1v) is 6.02. The zero-order valence-corrected chi connectivity index (χ0v) is 11.0. The largest absolute Gasteiger partial charge is 0.481 e. The third-order valence-electron chi connectivity index (χ3n) is 3.45. The van der Waals surface area contributed by atoms with E-state index in [1.54, 1.807) is 13.3 Å². The van der Waals surface area contributed by atoms with E-state index in [0.717, 1.165) is 18.8 Å². The third-order valence-corrected chi connectivity index (χ3v) is 3.45. The molecule has 0 saturated heterocycles. The van der Waals surface area contributed by atoms with Crippen molar-refractivity contribution in [2.24, 2.45) is 11.3 Å². The highest BCUT2D eigenvalue weighted by molar-refractivity contribution is 5.74. The van der Waals surface area contributed by atoms with Crippen LogP contribution in [0.15, 0.2) is 6.33 Å². The van der Waals surface area contributed by atoms with Crippen molar-refractivity contribution in [1.29, 1.82) is 0 Å². The van der Waals surface area contributed by atoms with Crippen molar-refractivity contribution >= 4 is 5.97 Å². The number of aromatic nitrogens is 3. The molecule has 1 heterocycles. The Morgan fingerprint density at radius 1 is 1.59 bits per heavy atom. The Kier molecular flexibility index (Phi) is 4.26. The second-order valence-electron chi connectivity index (χ2n) is 4.99. The first-order chi connectivity index (χ1) is 7.91. The van der Waals surface area contributed by atoms with E-state index in [-0.39, 0.29) is 5.92 Å². The molecule has 1 N–H and O–H groups in total. The van der Waals surface area contributed by atoms with Gasteiger partial charge in [-0.15, -0.1) is 10.2 Å². The highest BCUT2D eigenvalue weighted by Gasteiger charge is 2.38. The fraction of sp³-hybridized carbons (Fsp3) is 0.750. The van der Waals surface area contributed by atoms with Gasteiger partial charge in [-0.3, -0.25) is 4.79 Å². The molecule has 5 heteroatoms. The van der Waals surface area contributed by atoms with Gasteiger partial charge in [0.2, 0.25) is 0 Å². The molecule has 0 aliphatic rings. The Labute approximate surface area is 102 Å². The summed E-state index contributed by atoms with van der Waals surface area (Å²) in [6.07, 6.45) is 3.07. The summed E-state index contributed by atoms with van der Waals surface area (Å²) in [5, 5.41) is 17.3. The van der Waals surface area contributed by atoms with Crippen molar-refractivity contribution < 1.29 is 9.90 Å². The van der Waals surface area contributed by atoms with Crippen LogP contribution in [0.5, 0.6) is 0 Å². The van der Waals surface area contributed by atoms with Crippen molar-refractivity contribution in [3.05, 3.63) is 12.2 Å². The number of hydrogen-bond donors (Lipinski definition) is 1. The first kappa shape index (κ1) is 13.7. The number of carboxylic acid groups (broad SMARTS) is 1. The second kappa shape index (κ2) is 5.29. The molecule has 1 unspecified atom stereocenters. The van der Waals surface area contributed by atoms with E-state index >= 15 is 0 Å². The molecule has 0 radical (unpaired) electrons. The van der Waals surface area contributed by atoms with E-state index < -0.39 is 11.4 Å². The maximum absolute atomic E-state index is 11.4. The van der Waals surface area contributed by atoms with Gasteiger partial charge in [-0.25, -0.2) is 0 Å². The molecule has 1 rings (SSSR count). The smallest absolute Gasteiger partial charge is 0.310 e. The molecule has 0 aliphatic heterocycles. The van der Waals surface area contributed by atoms with E-state index in [1.807, 2.05) is 18.4 Å². The summed E-state index contributed by atoms with van der Waals surface area (Å²) in [5.41, 5.74) is -0.793. The lowest BCUT2D eigenvalue weighted by molar-refractivity contribution is -0.150. The number of nitrogens with zero attached hydrogens (tertiary/aromatic N) is 3. The standard InChI is InChI=1S/C12H21N3O2/c1-5-6-15-8-13-14-10(15)7-12(4,9(2)3)11(16)17/h8-9H,5-7H2,1-4H3,(H,16,17). The minimum Gasteiger partial charge on any atom is -0.481 e. The highest BCUT2D eigenvalue weighted by atomic mass is 16.4. The van der Waals surface area contributed by atoms with Crippen LogP contribution < -0.4 is 0 Å². The fourth-order valence-corrected chi connectivity index (χ4v) is 1.70. The van der Waals surface area contributed by atoms with Crippen LogP contribution in [-0.4, -0.2) is 25.8 Å². The van der Waals surface area contributed by atoms with Crippen molar-refractivity contribution in [2.45, 2.75) is 47.1 Å². The van der Waals surface area contributed by atoms with Gasteiger partial charge in [0.1, 0.15) is 12.2 Å². The van der Waals surface area contributed by atoms with Gasteiger partial charge in [-0.1, -0.05) is 20.8 Å². The van der Waals surface area contributed by atoms with Crippen LogP contribution in [0.25, 0.3) is 0 Å². The van der Waals surface area contributed by atoms with Crippen LogP contribution in [0.1, 0.15) is 39.9 Å². The number of aryl methyl sites for hydroxylation is 1. The molecular formula is C12H21N3O2. The van der Waals surface area contributed by atoms with Crippen LogP contribution in [-0.2, 0) is 17.8 Å². The van der Waals surface area contributed by atoms with Crippen LogP contribution in [0.2, 0.25) is 0 Å². The molecule has 0 spiro atoms. The zero-order valence-electron chi connectivity index (χ0n) is 11.0. The SMILES string of the molecule is CCCn1cnnc1CC(C)(C(=O)O)C(C)C. The summed E-state index contributed by atoms with van der Waals surface area (Å²) in [7, 11) is 0. The predicted octanol–water partition coefficient (Wildman–Crippen LogP) is 1.98. The van der Waals surface area contributed by atoms with Crippen molar-refractivity contribution in [3.63, 3.8) is 0 Å². The van der Waals surface area contributed by atoms with Gasteiger partial charge in [0.15, 0.2) is 0 Å². The average molecular weight is 239 g/mol. The van der Waals surface area contributed by atoms with E-state index in [1.165, 1.54) is 0 Å². The molecule has 0 aromatic carbocycles. The summed E-state index contributed by atoms with van der Waals surface area (Å²) in [6, 6.07) is 0. The van der Waals surface area contributed by atoms with Crippen molar-refractivity contribution in [1.82, 2.24) is 14.8 Å². The predicted molar refractivity (Wildman–Crippen MR) is 64.6 cm³/mol. The summed E-state index contributed by atoms with van der Waals surface area (Å²) in [4.78, 5) is 11.4. The molecule has 96 valence electrons. The zero-order chi connectivity index (χ0) is 13.1. The minimum atomic E-state index is -0.793. The van der Waals surface area contributed by atoms with Crippen LogP contribution in [0.3, 0.4) is 0 Å². The lowest BCUT2D eigenvalue weighted by Crippen LogP contribution is -2.36. The molecule has 1 aromatic heterocycles. The lowest BCUT2D eigenvalue weighted by Gasteiger charge is -2.28. The van der Waals surface area contributed by atoms with E-state index in [0.29, 0.717) is 6.42 Å². The molecule has 17 heavy (non-hydrogen) atoms. The topological polar surface area (TPSA) is 68.0 Å². The molecule has 1 aromatic rings. The minimum absolute atomic E-state index is 0.0479. The van der Waals surface area contributed by atoms with E-state index in [9.17, 15) is 9.90 Å². The van der Waals surface area contributed by atoms with Crippen LogP contribution >= 0.6 is 0 Å². The second-order valence-corrected chi connectivity index (χ2v) is 4.99. The summed E-state index contributed by atoms with van der Waals surface area (Å²) in [5.74, 6) is 0.0239. The van der Waals surface area contributed by atoms with E-state index in [4.69, 9.17) is 0 Å². The molecular weight excluding hydrogens is 218 g/mol. The Bertz CT molecular complexity index is 387. The molecule has 0 amide bonds. The first-order valence-electron chi connectivity index (χ1n) is 6.02. The Morgan fingerprint density at radius 2 is 2.24 bits per heavy atom. The van der Waals surface area contributed by atoms with Gasteiger partial charge < -0.3 is 9.67 Å². The maximum Gasteiger partial charge on any atom is 0.310 e. The molecule has 0 saturated carbocycles. The average Bonchev–Trinajstić information content (AvgIpc) is 2.65. The molecule has 0 fully saturated rings. The number of carboxylic acids is 1. The van der Waals surface area contributed by atoms with Gasteiger partial charge in [0, 0.05) is 13.0 Å². The van der Waals surface area contributed by atoms with E-state index in [2.05, 4.69) is 17.1 Å². The van der Waals surface area contributed by atoms with Crippen LogP contribution in [0.4, 0.5) is 0 Å². The monoisotopic (exact) mass is 239 g/mol. The van der Waals surface area contributed by atoms with Crippen LogP contribution in [0, 0.1) is 11.3 Å². The molecule has 1 atom stereocenters. The Morgan fingerprint density at radius 3 is 2.71 bits per heavy atom. The Hall–Kier alpha value is -1.39. The third kappa shape index (κ3) is 2.84. The van der Waals surface area contributed by atoms with Gasteiger partial charge in [-0.2, -0.15) is 0 Å². The summed E-state index contributed by atoms with van der Waals surface area (Å²) >= 11 is 0. The highest BCUT2D eigenvalue weighted by Crippen LogP contribution is 2.31. The van der Waals surface area contributed by atoms with Crippen molar-refractivity contribution in [2.75, 3.05) is 0 Å². The quantitative estimate of drug-likeness (QED) is 0.824. The summed E-state index contributed by atoms with van der Waals surface area (Å²) in [6.45, 7) is 8.52. The van der Waals surface area contributed by atoms with Gasteiger partial charge >= 0.3 is 5.97 Å². The number of carbonyl (C=O) groups is 1. The van der Waals surface area contributed by atoms with Gasteiger partial charge in [-0.05, 0) is 19.3 Å². The molecule has 0 aliphatic carbocycles. The lowest BCUT2D eigenvalue weighted by atomic mass is 9.76. The number of aliphatic carboxylic acids is 1. The normalized spacial score (nSPS) is 14.9. The molecule has 0 bridgehead atoms.